The Balaban J connectivity index is 1.02. The number of halogens is 24. The van der Waals surface area contributed by atoms with E-state index in [9.17, 15) is 111 Å². The summed E-state index contributed by atoms with van der Waals surface area (Å²) in [5.41, 5.74) is -15.0. The lowest BCUT2D eigenvalue weighted by Gasteiger charge is -2.19. The number of alkyl halides is 24. The van der Waals surface area contributed by atoms with Crippen LogP contribution in [-0.2, 0) is 49.4 Å². The first-order valence-electron chi connectivity index (χ1n) is 35.4. The second-order valence-electron chi connectivity index (χ2n) is 28.0. The van der Waals surface area contributed by atoms with Gasteiger partial charge in [-0.2, -0.15) is 111 Å². The maximum Gasteiger partial charge on any atom is 0.416 e. The normalized spacial score (nSPS) is 12.8. The molecule has 0 radical (unpaired) electrons. The van der Waals surface area contributed by atoms with E-state index in [1.54, 1.807) is 102 Å². The van der Waals surface area contributed by atoms with E-state index in [0.717, 1.165) is 0 Å². The lowest BCUT2D eigenvalue weighted by Crippen LogP contribution is -2.11. The third-order valence-electron chi connectivity index (χ3n) is 20.3. The molecule has 602 valence electrons. The lowest BCUT2D eigenvalue weighted by molar-refractivity contribution is -0.144. The Morgan fingerprint density at radius 3 is 0.733 bits per heavy atom. The van der Waals surface area contributed by atoms with Crippen LogP contribution in [0.3, 0.4) is 0 Å². The minimum absolute atomic E-state index is 0.00136. The molecule has 16 rings (SSSR count). The molecule has 3 heterocycles. The van der Waals surface area contributed by atoms with Crippen LogP contribution in [0.1, 0.15) is 50.1 Å². The van der Waals surface area contributed by atoms with Gasteiger partial charge in [-0.05, 0) is 219 Å². The van der Waals surface area contributed by atoms with E-state index in [4.69, 9.17) is 15.0 Å². The van der Waals surface area contributed by atoms with Crippen molar-refractivity contribution < 1.29 is 105 Å². The summed E-state index contributed by atoms with van der Waals surface area (Å²) in [6, 6.07) is 52.1. The van der Waals surface area contributed by atoms with Gasteiger partial charge < -0.3 is 9.13 Å². The van der Waals surface area contributed by atoms with Crippen molar-refractivity contribution in [2.24, 2.45) is 0 Å². The Labute approximate surface area is 660 Å². The highest BCUT2D eigenvalue weighted by atomic mass is 19.4. The molecule has 0 atom stereocenters. The SMILES string of the molecule is N#Cc1ccc(-c2ccc(-n3c4ccc(-c5cc(C(F)(F)F)cc(C(F)(F)F)c5)cc4c4cc(-c5cc(C(F)(F)F)cc(C(F)(F)F)c5)ccc43)c(-c3ccc(-n4c5ccc(-c6cc(C(F)(F)F)cc(C(F)(F)F)c6)cc5c5cc(-c6cc(C(F)(F)F)cc(C(F)(F)F)c6)ccc54)c(-c4nc(-c5ccccc5)nc(-c5ccccc5)n4)c3)c2)cc1. The van der Waals surface area contributed by atoms with Crippen molar-refractivity contribution in [3.05, 3.63) is 317 Å². The number of hydrogen-bond donors (Lipinski definition) is 0. The molecule has 13 aromatic carbocycles. The van der Waals surface area contributed by atoms with Gasteiger partial charge in [-0.3, -0.25) is 0 Å². The molecule has 0 saturated heterocycles. The van der Waals surface area contributed by atoms with Gasteiger partial charge in [-0.1, -0.05) is 109 Å². The molecule has 0 aliphatic heterocycles. The standard InChI is InChI=1S/C90H44F24N6/c91-83(92,93)60-27-56(28-61(41-60)84(94,95)96)51-16-22-75-69(36-51)70-37-52(57-29-62(85(97,98)99)42-63(30-57)86(100,101)102)17-23-76(70)119(75)74-21-15-50(47-13-11-46(45-115)12-14-47)35-68(74)55-20-26-79(73(40-55)82-117-80(48-7-3-1-4-8-48)116-81(118-82)49-9-5-2-6-10-49)120-77-24-18-53(58-31-64(87(103,104)105)43-65(32-58)88(106,107)108)38-71(77)72-39-54(19-25-78(72)120)59-33-66(89(109,110)111)44-67(34-59)90(112,113)114/h1-44H. The number of fused-ring (bicyclic) bond motifs is 6. The average Bonchev–Trinajstić information content (AvgIpc) is 1.57. The number of nitriles is 1. The van der Waals surface area contributed by atoms with E-state index in [1.165, 1.54) is 102 Å². The average molecular weight is 1670 g/mol. The maximum absolute atomic E-state index is 14.7. The van der Waals surface area contributed by atoms with Crippen LogP contribution in [0, 0.1) is 11.3 Å². The van der Waals surface area contributed by atoms with Crippen LogP contribution < -0.4 is 0 Å². The van der Waals surface area contributed by atoms with Crippen LogP contribution in [0.15, 0.2) is 267 Å². The van der Waals surface area contributed by atoms with Crippen LogP contribution in [0.2, 0.25) is 0 Å². The van der Waals surface area contributed by atoms with Crippen molar-refractivity contribution >= 4 is 43.6 Å². The van der Waals surface area contributed by atoms with Gasteiger partial charge in [0.2, 0.25) is 0 Å². The Bertz CT molecular complexity index is 6380. The van der Waals surface area contributed by atoms with E-state index >= 15 is 0 Å². The lowest BCUT2D eigenvalue weighted by atomic mass is 9.94. The number of aromatic nitrogens is 5. The van der Waals surface area contributed by atoms with E-state index in [-0.39, 0.29) is 141 Å². The third-order valence-corrected chi connectivity index (χ3v) is 20.3. The predicted molar refractivity (Wildman–Crippen MR) is 402 cm³/mol. The van der Waals surface area contributed by atoms with Gasteiger partial charge in [0.15, 0.2) is 17.5 Å². The monoisotopic (exact) mass is 1660 g/mol. The highest BCUT2D eigenvalue weighted by molar-refractivity contribution is 6.14. The topological polar surface area (TPSA) is 72.3 Å². The van der Waals surface area contributed by atoms with Crippen molar-refractivity contribution in [1.29, 1.82) is 5.26 Å². The molecule has 0 fully saturated rings. The fourth-order valence-electron chi connectivity index (χ4n) is 14.7. The smallest absolute Gasteiger partial charge is 0.309 e. The van der Waals surface area contributed by atoms with Crippen molar-refractivity contribution in [3.8, 4) is 118 Å². The molecular weight excluding hydrogens is 1620 g/mol. The fourth-order valence-corrected chi connectivity index (χ4v) is 14.7. The summed E-state index contributed by atoms with van der Waals surface area (Å²) in [5, 5.41) is 9.66. The summed E-state index contributed by atoms with van der Waals surface area (Å²) in [6.07, 6.45) is -42.9. The summed E-state index contributed by atoms with van der Waals surface area (Å²) in [5.74, 6) is -0.126. The highest BCUT2D eigenvalue weighted by Gasteiger charge is 2.42. The number of nitrogens with zero attached hydrogens (tertiary/aromatic N) is 6. The van der Waals surface area contributed by atoms with E-state index < -0.39 is 116 Å². The van der Waals surface area contributed by atoms with Crippen molar-refractivity contribution in [3.63, 3.8) is 0 Å². The van der Waals surface area contributed by atoms with Crippen molar-refractivity contribution in [2.45, 2.75) is 49.4 Å². The zero-order valence-electron chi connectivity index (χ0n) is 60.2. The minimum atomic E-state index is -5.37. The Hall–Kier alpha value is -13.7. The van der Waals surface area contributed by atoms with E-state index in [0.29, 0.717) is 70.8 Å². The highest BCUT2D eigenvalue weighted by Crippen LogP contribution is 2.50. The summed E-state index contributed by atoms with van der Waals surface area (Å²) in [4.78, 5) is 15.0. The van der Waals surface area contributed by atoms with Gasteiger partial charge in [-0.25, -0.2) is 15.0 Å². The molecule has 120 heavy (non-hydrogen) atoms. The molecule has 3 aromatic heterocycles. The van der Waals surface area contributed by atoms with E-state index in [1.807, 2.05) is 6.07 Å². The Kier molecular flexibility index (Phi) is 19.2. The zero-order valence-corrected chi connectivity index (χ0v) is 60.2. The third kappa shape index (κ3) is 15.5. The summed E-state index contributed by atoms with van der Waals surface area (Å²) >= 11 is 0. The molecular formula is C90H44F24N6. The van der Waals surface area contributed by atoms with Crippen LogP contribution in [0.4, 0.5) is 105 Å². The first kappa shape index (κ1) is 80.1. The van der Waals surface area contributed by atoms with Gasteiger partial charge in [0.25, 0.3) is 0 Å². The molecule has 0 amide bonds. The first-order valence-corrected chi connectivity index (χ1v) is 35.4. The van der Waals surface area contributed by atoms with Crippen LogP contribution in [-0.4, -0.2) is 24.1 Å². The number of benzene rings is 13. The van der Waals surface area contributed by atoms with Gasteiger partial charge in [-0.15, -0.1) is 0 Å². The molecule has 0 aliphatic carbocycles. The fraction of sp³-hybridized carbons (Fsp3) is 0.0889. The largest absolute Gasteiger partial charge is 0.416 e. The summed E-state index contributed by atoms with van der Waals surface area (Å²) in [7, 11) is 0. The molecule has 0 aliphatic rings. The van der Waals surface area contributed by atoms with Crippen LogP contribution in [0.25, 0.3) is 156 Å². The zero-order chi connectivity index (χ0) is 85.5. The maximum atomic E-state index is 14.7. The molecule has 0 spiro atoms. The van der Waals surface area contributed by atoms with Crippen molar-refractivity contribution in [1.82, 2.24) is 24.1 Å². The molecule has 0 N–H and O–H groups in total. The molecule has 16 aromatic rings. The van der Waals surface area contributed by atoms with Gasteiger partial charge in [0.1, 0.15) is 0 Å². The summed E-state index contributed by atoms with van der Waals surface area (Å²) < 4.78 is 354. The second-order valence-corrected chi connectivity index (χ2v) is 28.0. The predicted octanol–water partition coefficient (Wildman–Crippen LogP) is 29.1. The van der Waals surface area contributed by atoms with E-state index in [2.05, 4.69) is 0 Å². The molecule has 0 bridgehead atoms. The van der Waals surface area contributed by atoms with Crippen LogP contribution in [0.5, 0.6) is 0 Å². The second kappa shape index (κ2) is 28.8. The Morgan fingerprint density at radius 1 is 0.208 bits per heavy atom. The quantitative estimate of drug-likeness (QED) is 0.121. The van der Waals surface area contributed by atoms with Gasteiger partial charge in [0, 0.05) is 43.8 Å². The number of hydrogen-bond acceptors (Lipinski definition) is 4. The van der Waals surface area contributed by atoms with Crippen molar-refractivity contribution in [2.75, 3.05) is 0 Å². The first-order chi connectivity index (χ1) is 56.4. The molecule has 0 saturated carbocycles. The van der Waals surface area contributed by atoms with Gasteiger partial charge in [0.05, 0.1) is 89.6 Å². The molecule has 0 unspecified atom stereocenters. The van der Waals surface area contributed by atoms with Gasteiger partial charge >= 0.3 is 49.4 Å². The Morgan fingerprint density at radius 2 is 0.450 bits per heavy atom. The number of rotatable bonds is 11. The minimum Gasteiger partial charge on any atom is -0.309 e. The summed E-state index contributed by atoms with van der Waals surface area (Å²) in [6.45, 7) is 0. The molecule has 6 nitrogen and oxygen atoms in total. The molecule has 30 heteroatoms. The van der Waals surface area contributed by atoms with Crippen LogP contribution >= 0.6 is 0 Å².